The molecule has 0 bridgehead atoms. The number of nitrogens with one attached hydrogen (secondary N) is 2. The fraction of sp³-hybridized carbons (Fsp3) is 0.450. The Hall–Kier alpha value is -1.65. The van der Waals surface area contributed by atoms with E-state index in [1.54, 1.807) is 11.3 Å². The van der Waals surface area contributed by atoms with Gasteiger partial charge in [-0.1, -0.05) is 44.2 Å². The molecule has 1 aromatic heterocycles. The molecular formula is C20H28N2OS. The fourth-order valence-electron chi connectivity index (χ4n) is 2.70. The molecule has 1 heterocycles. The standard InChI is InChI=1S/C20H28N2OS/c1-5-14(3)16-9-11-17(12-10-16)19(18-8-7-13-24-18)22-15(4)20(23)21-6-2/h7-15,19,22H,5-6H2,1-4H3,(H,21,23)/t14-,15+,19-/m1/s1. The quantitative estimate of drug-likeness (QED) is 0.742. The molecule has 3 nitrogen and oxygen atoms in total. The Kier molecular flexibility index (Phi) is 7.00. The second kappa shape index (κ2) is 9.00. The number of hydrogen-bond donors (Lipinski definition) is 2. The molecule has 0 unspecified atom stereocenters. The van der Waals surface area contributed by atoms with Gasteiger partial charge in [0.2, 0.25) is 5.91 Å². The lowest BCUT2D eigenvalue weighted by Crippen LogP contribution is -2.43. The van der Waals surface area contributed by atoms with Crippen molar-refractivity contribution in [1.29, 1.82) is 0 Å². The SMILES string of the molecule is CCNC(=O)[C@H](C)N[C@H](c1ccc([C@H](C)CC)cc1)c1cccs1. The van der Waals surface area contributed by atoms with Crippen LogP contribution in [0.5, 0.6) is 0 Å². The molecule has 4 heteroatoms. The van der Waals surface area contributed by atoms with Gasteiger partial charge in [-0.2, -0.15) is 0 Å². The summed E-state index contributed by atoms with van der Waals surface area (Å²) < 4.78 is 0. The van der Waals surface area contributed by atoms with Gasteiger partial charge in [-0.3, -0.25) is 10.1 Å². The van der Waals surface area contributed by atoms with Crippen LogP contribution in [0.4, 0.5) is 0 Å². The summed E-state index contributed by atoms with van der Waals surface area (Å²) >= 11 is 1.71. The molecule has 0 aliphatic heterocycles. The van der Waals surface area contributed by atoms with Gasteiger partial charge in [0, 0.05) is 11.4 Å². The van der Waals surface area contributed by atoms with E-state index < -0.39 is 0 Å². The minimum absolute atomic E-state index is 0.0357. The van der Waals surface area contributed by atoms with Crippen LogP contribution < -0.4 is 10.6 Å². The number of carbonyl (C=O) groups excluding carboxylic acids is 1. The summed E-state index contributed by atoms with van der Waals surface area (Å²) in [5, 5.41) is 8.44. The molecule has 0 spiro atoms. The molecule has 0 saturated heterocycles. The molecule has 2 aromatic rings. The second-order valence-corrected chi connectivity index (χ2v) is 7.19. The predicted octanol–water partition coefficient (Wildman–Crippen LogP) is 4.47. The highest BCUT2D eigenvalue weighted by atomic mass is 32.1. The van der Waals surface area contributed by atoms with Gasteiger partial charge in [0.25, 0.3) is 0 Å². The van der Waals surface area contributed by atoms with Crippen molar-refractivity contribution in [3.8, 4) is 0 Å². The zero-order chi connectivity index (χ0) is 17.5. The summed E-state index contributed by atoms with van der Waals surface area (Å²) in [7, 11) is 0. The Morgan fingerprint density at radius 2 is 1.75 bits per heavy atom. The van der Waals surface area contributed by atoms with E-state index in [4.69, 9.17) is 0 Å². The van der Waals surface area contributed by atoms with E-state index in [1.165, 1.54) is 16.0 Å². The zero-order valence-corrected chi connectivity index (χ0v) is 15.8. The summed E-state index contributed by atoms with van der Waals surface area (Å²) in [6.07, 6.45) is 1.14. The third kappa shape index (κ3) is 4.68. The third-order valence-electron chi connectivity index (χ3n) is 4.44. The Bertz CT molecular complexity index is 622. The van der Waals surface area contributed by atoms with E-state index in [-0.39, 0.29) is 18.0 Å². The number of benzene rings is 1. The molecular weight excluding hydrogens is 316 g/mol. The van der Waals surface area contributed by atoms with Crippen LogP contribution in [0.2, 0.25) is 0 Å². The highest BCUT2D eigenvalue weighted by Crippen LogP contribution is 2.28. The Morgan fingerprint density at radius 1 is 1.08 bits per heavy atom. The van der Waals surface area contributed by atoms with Gasteiger partial charge in [0.05, 0.1) is 12.1 Å². The normalized spacial score (nSPS) is 14.8. The Labute approximate surface area is 149 Å². The number of thiophene rings is 1. The van der Waals surface area contributed by atoms with Gasteiger partial charge in [0.15, 0.2) is 0 Å². The number of hydrogen-bond acceptors (Lipinski definition) is 3. The van der Waals surface area contributed by atoms with E-state index in [0.717, 1.165) is 6.42 Å². The van der Waals surface area contributed by atoms with Gasteiger partial charge in [-0.15, -0.1) is 11.3 Å². The van der Waals surface area contributed by atoms with Gasteiger partial charge in [0.1, 0.15) is 0 Å². The van der Waals surface area contributed by atoms with E-state index in [9.17, 15) is 4.79 Å². The summed E-state index contributed by atoms with van der Waals surface area (Å²) in [5.74, 6) is 0.608. The summed E-state index contributed by atoms with van der Waals surface area (Å²) in [4.78, 5) is 13.3. The third-order valence-corrected chi connectivity index (χ3v) is 5.38. The van der Waals surface area contributed by atoms with Gasteiger partial charge >= 0.3 is 0 Å². The first kappa shape index (κ1) is 18.7. The molecule has 3 atom stereocenters. The van der Waals surface area contributed by atoms with Crippen LogP contribution >= 0.6 is 11.3 Å². The van der Waals surface area contributed by atoms with E-state index in [2.05, 4.69) is 66.3 Å². The molecule has 130 valence electrons. The van der Waals surface area contributed by atoms with E-state index in [1.807, 2.05) is 13.8 Å². The number of amides is 1. The predicted molar refractivity (Wildman–Crippen MR) is 103 cm³/mol. The molecule has 0 aliphatic carbocycles. The Balaban J connectivity index is 2.22. The monoisotopic (exact) mass is 344 g/mol. The van der Waals surface area contributed by atoms with Gasteiger partial charge in [-0.05, 0) is 48.8 Å². The van der Waals surface area contributed by atoms with Crippen LogP contribution in [0.3, 0.4) is 0 Å². The van der Waals surface area contributed by atoms with Crippen molar-refractivity contribution in [3.05, 3.63) is 57.8 Å². The van der Waals surface area contributed by atoms with Crippen LogP contribution in [0.15, 0.2) is 41.8 Å². The average molecular weight is 345 g/mol. The smallest absolute Gasteiger partial charge is 0.236 e. The number of rotatable bonds is 8. The number of likely N-dealkylation sites (N-methyl/N-ethyl adjacent to an activating group) is 1. The maximum absolute atomic E-state index is 12.1. The van der Waals surface area contributed by atoms with Crippen LogP contribution in [0, 0.1) is 0 Å². The lowest BCUT2D eigenvalue weighted by Gasteiger charge is -2.23. The molecule has 24 heavy (non-hydrogen) atoms. The van der Waals surface area contributed by atoms with E-state index in [0.29, 0.717) is 12.5 Å². The molecule has 1 amide bonds. The minimum atomic E-state index is -0.244. The molecule has 0 saturated carbocycles. The molecule has 1 aromatic carbocycles. The second-order valence-electron chi connectivity index (χ2n) is 6.21. The number of carbonyl (C=O) groups is 1. The van der Waals surface area contributed by atoms with Crippen molar-refractivity contribution in [2.75, 3.05) is 6.54 Å². The van der Waals surface area contributed by atoms with Crippen molar-refractivity contribution < 1.29 is 4.79 Å². The largest absolute Gasteiger partial charge is 0.355 e. The topological polar surface area (TPSA) is 41.1 Å². The first-order chi connectivity index (χ1) is 11.6. The van der Waals surface area contributed by atoms with Crippen LogP contribution in [0.1, 0.15) is 62.1 Å². The summed E-state index contributed by atoms with van der Waals surface area (Å²) in [6.45, 7) is 8.97. The van der Waals surface area contributed by atoms with Crippen LogP contribution in [0.25, 0.3) is 0 Å². The Morgan fingerprint density at radius 3 is 2.29 bits per heavy atom. The fourth-order valence-corrected chi connectivity index (χ4v) is 3.52. The lowest BCUT2D eigenvalue weighted by molar-refractivity contribution is -0.122. The zero-order valence-electron chi connectivity index (χ0n) is 15.0. The molecule has 0 fully saturated rings. The van der Waals surface area contributed by atoms with Crippen molar-refractivity contribution >= 4 is 17.2 Å². The van der Waals surface area contributed by atoms with Crippen LogP contribution in [-0.2, 0) is 4.79 Å². The molecule has 0 aliphatic rings. The highest BCUT2D eigenvalue weighted by molar-refractivity contribution is 7.10. The molecule has 2 N–H and O–H groups in total. The van der Waals surface area contributed by atoms with Gasteiger partial charge < -0.3 is 5.32 Å². The van der Waals surface area contributed by atoms with Crippen molar-refractivity contribution in [1.82, 2.24) is 10.6 Å². The summed E-state index contributed by atoms with van der Waals surface area (Å²) in [6, 6.07) is 12.8. The van der Waals surface area contributed by atoms with Gasteiger partial charge in [-0.25, -0.2) is 0 Å². The highest BCUT2D eigenvalue weighted by Gasteiger charge is 2.21. The maximum atomic E-state index is 12.1. The first-order valence-electron chi connectivity index (χ1n) is 8.73. The van der Waals surface area contributed by atoms with Crippen molar-refractivity contribution in [2.45, 2.75) is 52.1 Å². The minimum Gasteiger partial charge on any atom is -0.355 e. The van der Waals surface area contributed by atoms with Crippen molar-refractivity contribution in [3.63, 3.8) is 0 Å². The van der Waals surface area contributed by atoms with Crippen LogP contribution in [-0.4, -0.2) is 18.5 Å². The lowest BCUT2D eigenvalue weighted by atomic mass is 9.95. The maximum Gasteiger partial charge on any atom is 0.236 e. The summed E-state index contributed by atoms with van der Waals surface area (Å²) in [5.41, 5.74) is 2.56. The molecule has 0 radical (unpaired) electrons. The molecule has 2 rings (SSSR count). The average Bonchev–Trinajstić information content (AvgIpc) is 3.13. The van der Waals surface area contributed by atoms with Crippen molar-refractivity contribution in [2.24, 2.45) is 0 Å². The first-order valence-corrected chi connectivity index (χ1v) is 9.61. The van der Waals surface area contributed by atoms with E-state index >= 15 is 0 Å².